The van der Waals surface area contributed by atoms with E-state index in [1.54, 1.807) is 0 Å². The number of nitrogens with zero attached hydrogens (tertiary/aromatic N) is 2. The molecular weight excluding hydrogens is 435 g/mol. The summed E-state index contributed by atoms with van der Waals surface area (Å²) in [5.41, 5.74) is 0. The van der Waals surface area contributed by atoms with Gasteiger partial charge >= 0.3 is 35.6 Å². The van der Waals surface area contributed by atoms with Crippen LogP contribution in [0.15, 0.2) is 0 Å². The standard InChI is InChI=1S/C24H44N2.2ClH.Ti/c1-4-18-11-14-21(15-12-18)25-23-9-7-8-10-24(23)26-22-16-13-19(5-2)17-20(22)6-3;;;/h18-24H,4-17H2,1-3H3;2*1H;/q-2;;;+2/p-2. The molecule has 3 fully saturated rings. The van der Waals surface area contributed by atoms with Gasteiger partial charge in [0.15, 0.2) is 0 Å². The first-order chi connectivity index (χ1) is 14.1. The second-order valence-electron chi connectivity index (χ2n) is 9.69. The van der Waals surface area contributed by atoms with Gasteiger partial charge < -0.3 is 10.6 Å². The third kappa shape index (κ3) is 8.93. The molecule has 0 aromatic carbocycles. The van der Waals surface area contributed by atoms with E-state index in [9.17, 15) is 0 Å². The first kappa shape index (κ1) is 26.5. The Bertz CT molecular complexity index is 418. The Labute approximate surface area is 198 Å². The fourth-order valence-corrected chi connectivity index (χ4v) is 6.01. The minimum absolute atomic E-state index is 0.546. The fraction of sp³-hybridized carbons (Fsp3) is 1.00. The van der Waals surface area contributed by atoms with E-state index in [-0.39, 0.29) is 0 Å². The van der Waals surface area contributed by atoms with Gasteiger partial charge in [0, 0.05) is 0 Å². The molecule has 0 aromatic heterocycles. The summed E-state index contributed by atoms with van der Waals surface area (Å²) in [7, 11) is 9.78. The fourth-order valence-electron chi connectivity index (χ4n) is 6.01. The van der Waals surface area contributed by atoms with Crippen LogP contribution in [0.2, 0.25) is 0 Å². The van der Waals surface area contributed by atoms with Crippen molar-refractivity contribution in [3.63, 3.8) is 0 Å². The van der Waals surface area contributed by atoms with E-state index < -0.39 is 17.0 Å². The van der Waals surface area contributed by atoms with Gasteiger partial charge in [-0.05, 0) is 18.3 Å². The van der Waals surface area contributed by atoms with E-state index in [1.807, 2.05) is 0 Å². The Morgan fingerprint density at radius 1 is 0.655 bits per heavy atom. The molecule has 0 aromatic rings. The molecule has 3 aliphatic carbocycles. The topological polar surface area (TPSA) is 28.2 Å². The first-order valence-electron chi connectivity index (χ1n) is 12.5. The molecule has 0 heterocycles. The monoisotopic (exact) mass is 478 g/mol. The molecule has 2 nitrogen and oxygen atoms in total. The van der Waals surface area contributed by atoms with Crippen molar-refractivity contribution in [3.8, 4) is 0 Å². The van der Waals surface area contributed by atoms with E-state index >= 15 is 0 Å². The Kier molecular flexibility index (Phi) is 13.8. The van der Waals surface area contributed by atoms with Crippen molar-refractivity contribution in [2.24, 2.45) is 17.8 Å². The first-order valence-corrected chi connectivity index (χ1v) is 16.8. The molecule has 5 atom stereocenters. The molecule has 170 valence electrons. The van der Waals surface area contributed by atoms with Crippen LogP contribution in [0.25, 0.3) is 10.6 Å². The van der Waals surface area contributed by atoms with Gasteiger partial charge in [-0.2, -0.15) is 12.1 Å². The van der Waals surface area contributed by atoms with Crippen molar-refractivity contribution in [1.29, 1.82) is 0 Å². The van der Waals surface area contributed by atoms with E-state index in [0.717, 1.165) is 17.8 Å². The van der Waals surface area contributed by atoms with Crippen molar-refractivity contribution < 1.29 is 17.0 Å². The second kappa shape index (κ2) is 15.1. The summed E-state index contributed by atoms with van der Waals surface area (Å²) in [4.78, 5) is 0. The van der Waals surface area contributed by atoms with Gasteiger partial charge in [-0.1, -0.05) is 110 Å². The summed E-state index contributed by atoms with van der Waals surface area (Å²) >= 11 is -0.556. The van der Waals surface area contributed by atoms with Gasteiger partial charge in [0.2, 0.25) is 0 Å². The Morgan fingerprint density at radius 3 is 1.76 bits per heavy atom. The van der Waals surface area contributed by atoms with Crippen LogP contribution in [0.5, 0.6) is 0 Å². The molecule has 0 N–H and O–H groups in total. The molecule has 0 aliphatic heterocycles. The van der Waals surface area contributed by atoms with E-state index in [2.05, 4.69) is 20.8 Å². The zero-order chi connectivity index (χ0) is 21.1. The van der Waals surface area contributed by atoms with Gasteiger partial charge in [0.05, 0.1) is 0 Å². The van der Waals surface area contributed by atoms with E-state index in [0.29, 0.717) is 24.2 Å². The third-order valence-electron chi connectivity index (χ3n) is 8.03. The average Bonchev–Trinajstić information content (AvgIpc) is 2.76. The molecule has 0 bridgehead atoms. The molecule has 5 unspecified atom stereocenters. The second-order valence-corrected chi connectivity index (χ2v) is 12.3. The quantitative estimate of drug-likeness (QED) is 0.326. The summed E-state index contributed by atoms with van der Waals surface area (Å²) in [6, 6.07) is 2.38. The van der Waals surface area contributed by atoms with Crippen LogP contribution in [0.4, 0.5) is 0 Å². The molecule has 0 radical (unpaired) electrons. The minimum atomic E-state index is -0.556. The normalized spacial score (nSPS) is 38.0. The van der Waals surface area contributed by atoms with E-state index in [1.165, 1.54) is 89.9 Å². The predicted molar refractivity (Wildman–Crippen MR) is 126 cm³/mol. The Morgan fingerprint density at radius 2 is 1.21 bits per heavy atom. The summed E-state index contributed by atoms with van der Waals surface area (Å²) in [5, 5.41) is 10.9. The summed E-state index contributed by atoms with van der Waals surface area (Å²) < 4.78 is 0. The van der Waals surface area contributed by atoms with Crippen LogP contribution in [-0.4, -0.2) is 24.2 Å². The van der Waals surface area contributed by atoms with Gasteiger partial charge in [-0.25, -0.2) is 0 Å². The van der Waals surface area contributed by atoms with Gasteiger partial charge in [-0.3, -0.25) is 0 Å². The molecule has 29 heavy (non-hydrogen) atoms. The maximum absolute atomic E-state index is 5.50. The molecule has 0 amide bonds. The van der Waals surface area contributed by atoms with Crippen molar-refractivity contribution in [2.45, 2.75) is 135 Å². The van der Waals surface area contributed by atoms with Crippen molar-refractivity contribution in [3.05, 3.63) is 10.6 Å². The van der Waals surface area contributed by atoms with Gasteiger partial charge in [0.1, 0.15) is 0 Å². The molecule has 3 saturated carbocycles. The average molecular weight is 479 g/mol. The molecule has 3 rings (SSSR count). The Balaban J connectivity index is 0.000000941. The third-order valence-corrected chi connectivity index (χ3v) is 8.03. The zero-order valence-corrected chi connectivity index (χ0v) is 22.2. The number of halogens is 2. The SMILES string of the molecule is CCC1CCC([N-]C2CCCCC2[N-]C2CCC(CC)CC2CC)CC1.[Cl][Ti][Cl]. The zero-order valence-electron chi connectivity index (χ0n) is 19.1. The van der Waals surface area contributed by atoms with Crippen LogP contribution in [0, 0.1) is 17.8 Å². The molecule has 5 heteroatoms. The van der Waals surface area contributed by atoms with Crippen LogP contribution in [0.3, 0.4) is 0 Å². The predicted octanol–water partition coefficient (Wildman–Crippen LogP) is 9.00. The van der Waals surface area contributed by atoms with Crippen molar-refractivity contribution in [1.82, 2.24) is 0 Å². The molecule has 3 aliphatic rings. The van der Waals surface area contributed by atoms with Crippen molar-refractivity contribution >= 4 is 18.6 Å². The number of rotatable bonds is 7. The summed E-state index contributed by atoms with van der Waals surface area (Å²) in [5.74, 6) is 2.79. The summed E-state index contributed by atoms with van der Waals surface area (Å²) in [6.07, 6.45) is 19.1. The van der Waals surface area contributed by atoms with Crippen molar-refractivity contribution in [2.75, 3.05) is 0 Å². The van der Waals surface area contributed by atoms with Crippen LogP contribution < -0.4 is 0 Å². The number of hydrogen-bond donors (Lipinski definition) is 0. The van der Waals surface area contributed by atoms with Gasteiger partial charge in [0.25, 0.3) is 0 Å². The maximum atomic E-state index is 5.50. The van der Waals surface area contributed by atoms with E-state index in [4.69, 9.17) is 29.2 Å². The summed E-state index contributed by atoms with van der Waals surface area (Å²) in [6.45, 7) is 7.12. The molecule has 0 spiro atoms. The molecular formula is C24H44Cl2N2Ti-2. The van der Waals surface area contributed by atoms with Crippen LogP contribution in [-0.2, 0) is 17.0 Å². The van der Waals surface area contributed by atoms with Crippen LogP contribution in [0.1, 0.15) is 111 Å². The van der Waals surface area contributed by atoms with Crippen LogP contribution >= 0.6 is 18.6 Å². The van der Waals surface area contributed by atoms with Gasteiger partial charge in [-0.15, -0.1) is 12.1 Å². The number of hydrogen-bond acceptors (Lipinski definition) is 0. The Hall–Kier alpha value is 1.21. The molecule has 0 saturated heterocycles.